The third-order valence-corrected chi connectivity index (χ3v) is 4.06. The number of nitrogens with zero attached hydrogens (tertiary/aromatic N) is 2. The van der Waals surface area contributed by atoms with Crippen LogP contribution < -0.4 is 11.5 Å². The number of carboxylic acids is 1. The van der Waals surface area contributed by atoms with Crippen LogP contribution >= 0.6 is 0 Å². The average Bonchev–Trinajstić information content (AvgIpc) is 2.66. The zero-order chi connectivity index (χ0) is 20.4. The van der Waals surface area contributed by atoms with Gasteiger partial charge in [0.15, 0.2) is 0 Å². The first kappa shape index (κ1) is 22.2. The zero-order valence-corrected chi connectivity index (χ0v) is 15.7. The average molecular weight is 380 g/mol. The molecule has 5 N–H and O–H groups in total. The summed E-state index contributed by atoms with van der Waals surface area (Å²) in [6, 6.07) is 8.35. The number of piperazine rings is 1. The van der Waals surface area contributed by atoms with Gasteiger partial charge in [0.2, 0.25) is 0 Å². The van der Waals surface area contributed by atoms with Crippen molar-refractivity contribution >= 4 is 18.1 Å². The molecule has 0 saturated carbocycles. The maximum absolute atomic E-state index is 11.8. The lowest BCUT2D eigenvalue weighted by molar-refractivity contribution is -0.139. The summed E-state index contributed by atoms with van der Waals surface area (Å²) in [5, 5.41) is 8.23. The highest BCUT2D eigenvalue weighted by Gasteiger charge is 2.23. The Bertz CT molecular complexity index is 615. The molecule has 27 heavy (non-hydrogen) atoms. The lowest BCUT2D eigenvalue weighted by Gasteiger charge is -2.32. The molecule has 1 saturated heterocycles. The second kappa shape index (κ2) is 11.0. The number of aliphatic carboxylic acids is 1. The van der Waals surface area contributed by atoms with Crippen molar-refractivity contribution in [3.8, 4) is 0 Å². The van der Waals surface area contributed by atoms with Crippen LogP contribution in [0.2, 0.25) is 0 Å². The van der Waals surface area contributed by atoms with Crippen molar-refractivity contribution in [1.29, 1.82) is 0 Å². The van der Waals surface area contributed by atoms with Crippen LogP contribution in [0, 0.1) is 5.92 Å². The summed E-state index contributed by atoms with van der Waals surface area (Å²) >= 11 is 0. The largest absolute Gasteiger partial charge is 0.480 e. The first-order valence-electron chi connectivity index (χ1n) is 8.70. The number of benzene rings is 1. The molecule has 3 amide bonds. The van der Waals surface area contributed by atoms with Gasteiger partial charge in [-0.1, -0.05) is 44.2 Å². The van der Waals surface area contributed by atoms with E-state index in [-0.39, 0.29) is 18.6 Å². The number of ether oxygens (including phenoxy) is 1. The molecule has 9 heteroatoms. The summed E-state index contributed by atoms with van der Waals surface area (Å²) < 4.78 is 5.22. The highest BCUT2D eigenvalue weighted by Crippen LogP contribution is 2.06. The molecule has 2 rings (SSSR count). The van der Waals surface area contributed by atoms with E-state index in [1.54, 1.807) is 18.7 Å². The lowest BCUT2D eigenvalue weighted by Crippen LogP contribution is -2.52. The van der Waals surface area contributed by atoms with Crippen LogP contribution in [0.4, 0.5) is 9.59 Å². The standard InChI is InChI=1S/C13H17N3O3.C5H11NO2/c14-12(17)15-6-8-16(9-7-15)13(18)19-10-11-4-2-1-3-5-11;1-3(2)4(6)5(7)8/h1-5H,6-10H2,(H2,14,17);3-4H,6H2,1-2H3,(H,7,8)/t;4-/m.0/s1. The van der Waals surface area contributed by atoms with E-state index in [1.807, 2.05) is 30.3 Å². The van der Waals surface area contributed by atoms with E-state index in [9.17, 15) is 14.4 Å². The van der Waals surface area contributed by atoms with Gasteiger partial charge in [-0.15, -0.1) is 0 Å². The van der Waals surface area contributed by atoms with Crippen molar-refractivity contribution in [1.82, 2.24) is 9.80 Å². The smallest absolute Gasteiger partial charge is 0.410 e. The number of hydrogen-bond donors (Lipinski definition) is 3. The second-order valence-corrected chi connectivity index (χ2v) is 6.46. The first-order chi connectivity index (χ1) is 12.7. The van der Waals surface area contributed by atoms with E-state index < -0.39 is 18.0 Å². The normalized spacial score (nSPS) is 14.8. The Morgan fingerprint density at radius 1 is 1.07 bits per heavy atom. The highest BCUT2D eigenvalue weighted by atomic mass is 16.6. The van der Waals surface area contributed by atoms with E-state index in [2.05, 4.69) is 0 Å². The second-order valence-electron chi connectivity index (χ2n) is 6.46. The third kappa shape index (κ3) is 7.95. The lowest BCUT2D eigenvalue weighted by atomic mass is 10.1. The van der Waals surface area contributed by atoms with E-state index in [4.69, 9.17) is 21.3 Å². The number of hydrogen-bond acceptors (Lipinski definition) is 5. The van der Waals surface area contributed by atoms with Crippen molar-refractivity contribution in [3.63, 3.8) is 0 Å². The Kier molecular flexibility index (Phi) is 9.07. The Hall–Kier alpha value is -2.81. The number of rotatable bonds is 4. The molecule has 1 aliphatic heterocycles. The SMILES string of the molecule is CC(C)[C@H](N)C(=O)O.NC(=O)N1CCN(C(=O)OCc2ccccc2)CC1. The van der Waals surface area contributed by atoms with Crippen LogP contribution in [-0.4, -0.2) is 65.2 Å². The fourth-order valence-electron chi connectivity index (χ4n) is 2.21. The molecule has 1 aromatic rings. The fourth-order valence-corrected chi connectivity index (χ4v) is 2.21. The van der Waals surface area contributed by atoms with E-state index in [0.29, 0.717) is 26.2 Å². The van der Waals surface area contributed by atoms with Crippen molar-refractivity contribution in [2.24, 2.45) is 17.4 Å². The summed E-state index contributed by atoms with van der Waals surface area (Å²) in [7, 11) is 0. The van der Waals surface area contributed by atoms with Crippen LogP contribution in [0.25, 0.3) is 0 Å². The number of carbonyl (C=O) groups is 3. The maximum Gasteiger partial charge on any atom is 0.410 e. The molecule has 1 aromatic carbocycles. The van der Waals surface area contributed by atoms with Gasteiger partial charge in [-0.3, -0.25) is 4.79 Å². The predicted octanol–water partition coefficient (Wildman–Crippen LogP) is 1.07. The minimum atomic E-state index is -0.931. The van der Waals surface area contributed by atoms with Gasteiger partial charge in [-0.2, -0.15) is 0 Å². The van der Waals surface area contributed by atoms with Crippen molar-refractivity contribution < 1.29 is 24.2 Å². The molecule has 0 spiro atoms. The Balaban J connectivity index is 0.000000387. The Morgan fingerprint density at radius 2 is 1.59 bits per heavy atom. The molecule has 1 fully saturated rings. The monoisotopic (exact) mass is 380 g/mol. The number of carbonyl (C=O) groups excluding carboxylic acids is 2. The first-order valence-corrected chi connectivity index (χ1v) is 8.70. The van der Waals surface area contributed by atoms with Gasteiger partial charge in [-0.05, 0) is 11.5 Å². The summed E-state index contributed by atoms with van der Waals surface area (Å²) in [4.78, 5) is 35.9. The fraction of sp³-hybridized carbons (Fsp3) is 0.500. The van der Waals surface area contributed by atoms with Crippen LogP contribution in [0.5, 0.6) is 0 Å². The van der Waals surface area contributed by atoms with Gasteiger partial charge in [-0.25, -0.2) is 9.59 Å². The number of amides is 3. The molecule has 0 aliphatic carbocycles. The molecule has 9 nitrogen and oxygen atoms in total. The predicted molar refractivity (Wildman–Crippen MR) is 99.8 cm³/mol. The maximum atomic E-state index is 11.8. The highest BCUT2D eigenvalue weighted by molar-refractivity contribution is 5.73. The van der Waals surface area contributed by atoms with Crippen molar-refractivity contribution in [2.45, 2.75) is 26.5 Å². The number of nitrogens with two attached hydrogens (primary N) is 2. The van der Waals surface area contributed by atoms with E-state index in [1.165, 1.54) is 4.90 Å². The van der Waals surface area contributed by atoms with Crippen LogP contribution in [0.3, 0.4) is 0 Å². The van der Waals surface area contributed by atoms with E-state index in [0.717, 1.165) is 5.56 Å². The molecule has 0 bridgehead atoms. The molecule has 1 heterocycles. The summed E-state index contributed by atoms with van der Waals surface area (Å²) in [6.45, 7) is 5.63. The molecular weight excluding hydrogens is 352 g/mol. The van der Waals surface area contributed by atoms with Gasteiger partial charge >= 0.3 is 18.1 Å². The van der Waals surface area contributed by atoms with Gasteiger partial charge in [0, 0.05) is 26.2 Å². The topological polar surface area (TPSA) is 139 Å². The molecule has 150 valence electrons. The molecular formula is C18H28N4O5. The van der Waals surface area contributed by atoms with Crippen LogP contribution in [0.1, 0.15) is 19.4 Å². The molecule has 0 aromatic heterocycles. The number of primary amides is 1. The minimum Gasteiger partial charge on any atom is -0.480 e. The summed E-state index contributed by atoms with van der Waals surface area (Å²) in [5.41, 5.74) is 11.3. The van der Waals surface area contributed by atoms with Gasteiger partial charge in [0.25, 0.3) is 0 Å². The van der Waals surface area contributed by atoms with E-state index >= 15 is 0 Å². The molecule has 0 radical (unpaired) electrons. The summed E-state index contributed by atoms with van der Waals surface area (Å²) in [6.07, 6.45) is -0.354. The van der Waals surface area contributed by atoms with Gasteiger partial charge in [0.05, 0.1) is 0 Å². The number of carboxylic acid groups (broad SMARTS) is 1. The van der Waals surface area contributed by atoms with Gasteiger partial charge in [0.1, 0.15) is 12.6 Å². The molecule has 1 aliphatic rings. The minimum absolute atomic E-state index is 0.0208. The molecule has 1 atom stereocenters. The number of urea groups is 1. The quantitative estimate of drug-likeness (QED) is 0.714. The van der Waals surface area contributed by atoms with Crippen LogP contribution in [0.15, 0.2) is 30.3 Å². The third-order valence-electron chi connectivity index (χ3n) is 4.06. The van der Waals surface area contributed by atoms with Crippen LogP contribution in [-0.2, 0) is 16.1 Å². The van der Waals surface area contributed by atoms with Gasteiger partial charge < -0.3 is 31.1 Å². The summed E-state index contributed by atoms with van der Waals surface area (Å²) in [5.74, 6) is -0.910. The Morgan fingerprint density at radius 3 is 2.00 bits per heavy atom. The zero-order valence-electron chi connectivity index (χ0n) is 15.7. The molecule has 0 unspecified atom stereocenters. The van der Waals surface area contributed by atoms with Crippen molar-refractivity contribution in [3.05, 3.63) is 35.9 Å². The van der Waals surface area contributed by atoms with Crippen molar-refractivity contribution in [2.75, 3.05) is 26.2 Å². The Labute approximate surface area is 158 Å².